The largest absolute Gasteiger partial charge is 0.457 e. The molecule has 0 atom stereocenters. The van der Waals surface area contributed by atoms with Crippen molar-refractivity contribution in [2.45, 2.75) is 64.1 Å². The molecule has 4 nitrogen and oxygen atoms in total. The number of amides is 1. The Morgan fingerprint density at radius 2 is 1.67 bits per heavy atom. The van der Waals surface area contributed by atoms with Crippen LogP contribution < -0.4 is 15.4 Å². The average Bonchev–Trinajstić information content (AvgIpc) is 2.56. The first-order chi connectivity index (χ1) is 12.7. The molecule has 2 aromatic carbocycles. The quantitative estimate of drug-likeness (QED) is 0.708. The van der Waals surface area contributed by atoms with Gasteiger partial charge in [-0.05, 0) is 70.4 Å². The molecule has 2 N–H and O–H groups in total. The fourth-order valence-corrected chi connectivity index (χ4v) is 4.72. The molecule has 2 aliphatic heterocycles. The minimum Gasteiger partial charge on any atom is -0.457 e. The van der Waals surface area contributed by atoms with E-state index in [1.807, 2.05) is 36.4 Å². The Labute approximate surface area is 161 Å². The summed E-state index contributed by atoms with van der Waals surface area (Å²) >= 11 is 0. The molecule has 4 heteroatoms. The number of hydrogen-bond donors (Lipinski definition) is 2. The Kier molecular flexibility index (Phi) is 4.26. The third kappa shape index (κ3) is 3.86. The van der Waals surface area contributed by atoms with Gasteiger partial charge in [0.2, 0.25) is 0 Å². The number of hydrogen-bond acceptors (Lipinski definition) is 3. The van der Waals surface area contributed by atoms with Gasteiger partial charge in [0.1, 0.15) is 11.5 Å². The molecule has 27 heavy (non-hydrogen) atoms. The molecule has 0 aliphatic carbocycles. The molecule has 4 rings (SSSR count). The molecule has 0 bridgehead atoms. The fraction of sp³-hybridized carbons (Fsp3) is 0.435. The van der Waals surface area contributed by atoms with Gasteiger partial charge in [-0.3, -0.25) is 4.79 Å². The third-order valence-electron chi connectivity index (χ3n) is 5.42. The Hall–Kier alpha value is -2.33. The molecule has 0 unspecified atom stereocenters. The first-order valence-electron chi connectivity index (χ1n) is 9.70. The van der Waals surface area contributed by atoms with E-state index in [-0.39, 0.29) is 23.0 Å². The lowest BCUT2D eigenvalue weighted by Crippen LogP contribution is -2.62. The van der Waals surface area contributed by atoms with E-state index in [2.05, 4.69) is 44.4 Å². The molecule has 1 saturated heterocycles. The summed E-state index contributed by atoms with van der Waals surface area (Å²) in [5.41, 5.74) is 2.93. The second-order valence-electron chi connectivity index (χ2n) is 9.18. The average molecular weight is 364 g/mol. The van der Waals surface area contributed by atoms with Crippen molar-refractivity contribution in [3.05, 3.63) is 59.2 Å². The normalized spacial score (nSPS) is 20.1. The molecular weight excluding hydrogens is 336 g/mol. The number of para-hydroxylation sites is 1. The lowest BCUT2D eigenvalue weighted by molar-refractivity contribution is 0.0873. The van der Waals surface area contributed by atoms with Gasteiger partial charge < -0.3 is 15.4 Å². The third-order valence-corrected chi connectivity index (χ3v) is 5.42. The molecule has 142 valence electrons. The summed E-state index contributed by atoms with van der Waals surface area (Å²) < 4.78 is 5.98. The standard InChI is InChI=1S/C23H28N2O2/c1-22(2)13-18(14-23(3,4)25-22)24-21(26)16-9-10-20-17(12-16)11-15-7-5-6-8-19(15)27-20/h5-10,12,18,25H,11,13-14H2,1-4H3,(H,24,26). The Morgan fingerprint density at radius 3 is 2.41 bits per heavy atom. The maximum atomic E-state index is 12.9. The van der Waals surface area contributed by atoms with Gasteiger partial charge in [0.25, 0.3) is 5.91 Å². The van der Waals surface area contributed by atoms with E-state index in [4.69, 9.17) is 4.74 Å². The van der Waals surface area contributed by atoms with Gasteiger partial charge in [0.05, 0.1) is 0 Å². The maximum absolute atomic E-state index is 12.9. The monoisotopic (exact) mass is 364 g/mol. The van der Waals surface area contributed by atoms with Crippen LogP contribution in [0.2, 0.25) is 0 Å². The van der Waals surface area contributed by atoms with Crippen molar-refractivity contribution in [3.63, 3.8) is 0 Å². The number of piperidine rings is 1. The molecule has 0 spiro atoms. The topological polar surface area (TPSA) is 50.4 Å². The van der Waals surface area contributed by atoms with Crippen molar-refractivity contribution in [1.29, 1.82) is 0 Å². The van der Waals surface area contributed by atoms with Crippen molar-refractivity contribution < 1.29 is 9.53 Å². The van der Waals surface area contributed by atoms with E-state index < -0.39 is 0 Å². The van der Waals surface area contributed by atoms with Gasteiger partial charge in [-0.15, -0.1) is 0 Å². The van der Waals surface area contributed by atoms with Crippen LogP contribution in [0.4, 0.5) is 0 Å². The highest BCUT2D eigenvalue weighted by Crippen LogP contribution is 2.36. The first-order valence-corrected chi connectivity index (χ1v) is 9.70. The number of carbonyl (C=O) groups excluding carboxylic acids is 1. The number of rotatable bonds is 2. The summed E-state index contributed by atoms with van der Waals surface area (Å²) in [6, 6.07) is 14.0. The number of benzene rings is 2. The highest BCUT2D eigenvalue weighted by Gasteiger charge is 2.38. The summed E-state index contributed by atoms with van der Waals surface area (Å²) in [6.07, 6.45) is 2.63. The minimum atomic E-state index is -0.00448. The lowest BCUT2D eigenvalue weighted by atomic mass is 9.79. The molecule has 2 heterocycles. The van der Waals surface area contributed by atoms with Gasteiger partial charge in [-0.1, -0.05) is 18.2 Å². The van der Waals surface area contributed by atoms with E-state index in [1.54, 1.807) is 0 Å². The summed E-state index contributed by atoms with van der Waals surface area (Å²) in [5.74, 6) is 1.74. The van der Waals surface area contributed by atoms with E-state index in [9.17, 15) is 4.79 Å². The Morgan fingerprint density at radius 1 is 1.00 bits per heavy atom. The highest BCUT2D eigenvalue weighted by atomic mass is 16.5. The SMILES string of the molecule is CC1(C)CC(NC(=O)c2ccc3c(c2)Cc2ccccc2O3)CC(C)(C)N1. The number of fused-ring (bicyclic) bond motifs is 2. The predicted molar refractivity (Wildman–Crippen MR) is 108 cm³/mol. The molecule has 0 aromatic heterocycles. The van der Waals surface area contributed by atoms with Crippen LogP contribution in [0.25, 0.3) is 0 Å². The smallest absolute Gasteiger partial charge is 0.251 e. The second-order valence-corrected chi connectivity index (χ2v) is 9.18. The van der Waals surface area contributed by atoms with E-state index >= 15 is 0 Å². The minimum absolute atomic E-state index is 0.00448. The molecular formula is C23H28N2O2. The fourth-order valence-electron chi connectivity index (χ4n) is 4.72. The van der Waals surface area contributed by atoms with Gasteiger partial charge in [0.15, 0.2) is 0 Å². The van der Waals surface area contributed by atoms with Crippen LogP contribution in [0.15, 0.2) is 42.5 Å². The van der Waals surface area contributed by atoms with Crippen molar-refractivity contribution in [3.8, 4) is 11.5 Å². The van der Waals surface area contributed by atoms with Crippen molar-refractivity contribution >= 4 is 5.91 Å². The summed E-state index contributed by atoms with van der Waals surface area (Å²) in [6.45, 7) is 8.78. The Balaban J connectivity index is 1.51. The van der Waals surface area contributed by atoms with Crippen molar-refractivity contribution in [2.24, 2.45) is 0 Å². The van der Waals surface area contributed by atoms with Crippen LogP contribution in [0.5, 0.6) is 11.5 Å². The lowest BCUT2D eigenvalue weighted by Gasteiger charge is -2.46. The predicted octanol–water partition coefficient (Wildman–Crippen LogP) is 4.42. The van der Waals surface area contributed by atoms with Crippen LogP contribution in [0.3, 0.4) is 0 Å². The van der Waals surface area contributed by atoms with Crippen LogP contribution >= 0.6 is 0 Å². The van der Waals surface area contributed by atoms with Crippen molar-refractivity contribution in [2.75, 3.05) is 0 Å². The van der Waals surface area contributed by atoms with Gasteiger partial charge >= 0.3 is 0 Å². The van der Waals surface area contributed by atoms with Crippen LogP contribution in [0.1, 0.15) is 62.0 Å². The maximum Gasteiger partial charge on any atom is 0.251 e. The number of nitrogens with one attached hydrogen (secondary N) is 2. The zero-order chi connectivity index (χ0) is 19.2. The molecule has 1 amide bonds. The molecule has 1 fully saturated rings. The van der Waals surface area contributed by atoms with Crippen LogP contribution in [-0.2, 0) is 6.42 Å². The van der Waals surface area contributed by atoms with E-state index in [0.29, 0.717) is 5.56 Å². The zero-order valence-electron chi connectivity index (χ0n) is 16.6. The first kappa shape index (κ1) is 18.1. The molecule has 0 radical (unpaired) electrons. The van der Waals surface area contributed by atoms with Crippen LogP contribution in [-0.4, -0.2) is 23.0 Å². The number of carbonyl (C=O) groups is 1. The van der Waals surface area contributed by atoms with Gasteiger partial charge in [-0.2, -0.15) is 0 Å². The Bertz CT molecular complexity index is 870. The molecule has 2 aromatic rings. The van der Waals surface area contributed by atoms with E-state index in [1.165, 1.54) is 0 Å². The zero-order valence-corrected chi connectivity index (χ0v) is 16.6. The van der Waals surface area contributed by atoms with Crippen LogP contribution in [0, 0.1) is 0 Å². The summed E-state index contributed by atoms with van der Waals surface area (Å²) in [4.78, 5) is 12.9. The molecule has 2 aliphatic rings. The van der Waals surface area contributed by atoms with Gasteiger partial charge in [0, 0.05) is 34.7 Å². The number of ether oxygens (including phenoxy) is 1. The second kappa shape index (κ2) is 6.38. The summed E-state index contributed by atoms with van der Waals surface area (Å²) in [5, 5.41) is 6.91. The molecule has 0 saturated carbocycles. The van der Waals surface area contributed by atoms with Gasteiger partial charge in [-0.25, -0.2) is 0 Å². The summed E-state index contributed by atoms with van der Waals surface area (Å²) in [7, 11) is 0. The highest BCUT2D eigenvalue weighted by molar-refractivity contribution is 5.95. The van der Waals surface area contributed by atoms with Crippen molar-refractivity contribution in [1.82, 2.24) is 10.6 Å². The van der Waals surface area contributed by atoms with E-state index in [0.717, 1.165) is 41.9 Å².